The molecule has 1 saturated carbocycles. The van der Waals surface area contributed by atoms with Crippen molar-refractivity contribution in [3.63, 3.8) is 0 Å². The molecule has 1 aromatic heterocycles. The molecule has 0 bridgehead atoms. The number of hydrogen-bond donors (Lipinski definition) is 2. The lowest BCUT2D eigenvalue weighted by Crippen LogP contribution is -2.37. The number of quaternary nitrogens is 1. The van der Waals surface area contributed by atoms with Crippen LogP contribution in [0.1, 0.15) is 26.7 Å². The van der Waals surface area contributed by atoms with Gasteiger partial charge in [0.05, 0.1) is 42.5 Å². The zero-order valence-corrected chi connectivity index (χ0v) is 22.3. The maximum Gasteiger partial charge on any atom is 0.422 e. The van der Waals surface area contributed by atoms with Crippen LogP contribution in [0.3, 0.4) is 0 Å². The van der Waals surface area contributed by atoms with Crippen LogP contribution in [-0.4, -0.2) is 72.3 Å². The normalized spacial score (nSPS) is 16.2. The van der Waals surface area contributed by atoms with Gasteiger partial charge in [0.15, 0.2) is 6.56 Å². The van der Waals surface area contributed by atoms with Crippen molar-refractivity contribution in [1.82, 2.24) is 15.0 Å². The van der Waals surface area contributed by atoms with E-state index in [0.717, 1.165) is 5.56 Å². The number of benzene rings is 2. The average molecular weight is 566 g/mol. The summed E-state index contributed by atoms with van der Waals surface area (Å²) in [4.78, 5) is 16.1. The molecule has 0 unspecified atom stereocenters. The van der Waals surface area contributed by atoms with E-state index in [1.165, 1.54) is 0 Å². The smallest absolute Gasteiger partial charge is 0.422 e. The third-order valence-electron chi connectivity index (χ3n) is 5.79. The molecule has 2 N–H and O–H groups in total. The van der Waals surface area contributed by atoms with Crippen molar-refractivity contribution in [3.05, 3.63) is 64.7 Å². The standard InChI is InChI=1S/C26H29ClF3N7O2/c1-37(2,3)15-14-31-21(38)17-4-10-20(11-5-17)32-22-33-23(35-24(34-22)39-16-26(28,29)30)36-25(12-13-25)18-6-8-19(27)9-7-18/h4-11H,12-16H2,1-3H3,(H2-,31,32,33,34,35,36,38)/i16D2. The maximum atomic E-state index is 13.2. The number of ether oxygens (including phenoxy) is 1. The fourth-order valence-corrected chi connectivity index (χ4v) is 3.71. The summed E-state index contributed by atoms with van der Waals surface area (Å²) in [5, 5.41) is 18.9. The van der Waals surface area contributed by atoms with E-state index >= 15 is 0 Å². The van der Waals surface area contributed by atoms with E-state index in [-0.39, 0.29) is 17.8 Å². The Morgan fingerprint density at radius 1 is 1.08 bits per heavy atom. The van der Waals surface area contributed by atoms with E-state index in [0.29, 0.717) is 46.7 Å². The predicted molar refractivity (Wildman–Crippen MR) is 141 cm³/mol. The SMILES string of the molecule is [2H]C([2H])(Oc1nc(Nc2ccc(C([O-])=NCC[N+](C)(C)C)cc2)nc(NC2(c3ccc(Cl)cc3)CC2)n1)C(F)(F)F. The highest BCUT2D eigenvalue weighted by atomic mass is 35.5. The molecular weight excluding hydrogens is 535 g/mol. The molecule has 2 aromatic carbocycles. The molecule has 0 atom stereocenters. The van der Waals surface area contributed by atoms with Crippen molar-refractivity contribution >= 4 is 35.1 Å². The molecule has 13 heteroatoms. The largest absolute Gasteiger partial charge is 0.858 e. The van der Waals surface area contributed by atoms with Crippen LogP contribution in [-0.2, 0) is 5.54 Å². The monoisotopic (exact) mass is 565 g/mol. The molecular formula is C26H29ClF3N7O2. The van der Waals surface area contributed by atoms with Crippen molar-refractivity contribution in [2.45, 2.75) is 24.6 Å². The number of alkyl halides is 3. The van der Waals surface area contributed by atoms with Gasteiger partial charge in [-0.25, -0.2) is 0 Å². The Kier molecular flexibility index (Phi) is 7.38. The first-order valence-electron chi connectivity index (χ1n) is 13.0. The summed E-state index contributed by atoms with van der Waals surface area (Å²) in [6.07, 6.45) is -3.95. The molecule has 4 rings (SSSR count). The number of nitrogens with zero attached hydrogens (tertiary/aromatic N) is 5. The lowest BCUT2D eigenvalue weighted by Gasteiger charge is -2.23. The fourth-order valence-electron chi connectivity index (χ4n) is 3.58. The molecule has 0 radical (unpaired) electrons. The minimum absolute atomic E-state index is 0.120. The number of aromatic nitrogens is 3. The number of aliphatic imine (C=N–C) groups is 1. The molecule has 0 spiro atoms. The summed E-state index contributed by atoms with van der Waals surface area (Å²) in [7, 11) is 6.00. The van der Waals surface area contributed by atoms with Gasteiger partial charge in [-0.15, -0.1) is 0 Å². The average Bonchev–Trinajstić information content (AvgIpc) is 3.63. The summed E-state index contributed by atoms with van der Waals surface area (Å²) < 4.78 is 59.4. The van der Waals surface area contributed by atoms with E-state index < -0.39 is 24.3 Å². The zero-order chi connectivity index (χ0) is 30.1. The Hall–Kier alpha value is -3.64. The Balaban J connectivity index is 1.58. The first kappa shape index (κ1) is 25.6. The van der Waals surface area contributed by atoms with Gasteiger partial charge in [0.25, 0.3) is 0 Å². The second kappa shape index (κ2) is 11.2. The highest BCUT2D eigenvalue weighted by molar-refractivity contribution is 6.30. The van der Waals surface area contributed by atoms with Crippen molar-refractivity contribution < 1.29 is 30.2 Å². The molecule has 0 amide bonds. The summed E-state index contributed by atoms with van der Waals surface area (Å²) in [6, 6.07) is 12.4. The molecule has 1 aliphatic rings. The second-order valence-electron chi connectivity index (χ2n) is 10.1. The molecule has 1 heterocycles. The van der Waals surface area contributed by atoms with E-state index in [4.69, 9.17) is 14.3 Å². The van der Waals surface area contributed by atoms with Gasteiger partial charge in [0.2, 0.25) is 11.9 Å². The van der Waals surface area contributed by atoms with Gasteiger partial charge in [0.1, 0.15) is 0 Å². The third kappa shape index (κ3) is 8.42. The molecule has 1 aliphatic carbocycles. The van der Waals surface area contributed by atoms with Crippen LogP contribution in [0.2, 0.25) is 5.02 Å². The van der Waals surface area contributed by atoms with E-state index in [1.54, 1.807) is 36.4 Å². The van der Waals surface area contributed by atoms with Crippen molar-refractivity contribution in [1.29, 1.82) is 0 Å². The summed E-state index contributed by atoms with van der Waals surface area (Å²) in [6.45, 7) is -2.99. The van der Waals surface area contributed by atoms with Gasteiger partial charge in [-0.3, -0.25) is 4.99 Å². The number of hydrogen-bond acceptors (Lipinski definition) is 8. The zero-order valence-electron chi connectivity index (χ0n) is 23.5. The van der Waals surface area contributed by atoms with Crippen LogP contribution >= 0.6 is 11.6 Å². The van der Waals surface area contributed by atoms with Gasteiger partial charge in [0, 0.05) is 10.7 Å². The minimum Gasteiger partial charge on any atom is -0.858 e. The molecule has 1 fully saturated rings. The van der Waals surface area contributed by atoms with Crippen LogP contribution in [0.15, 0.2) is 53.5 Å². The predicted octanol–water partition coefficient (Wildman–Crippen LogP) is 4.12. The van der Waals surface area contributed by atoms with Gasteiger partial charge in [-0.05, 0) is 54.1 Å². The highest BCUT2D eigenvalue weighted by Gasteiger charge is 2.45. The minimum atomic E-state index is -5.33. The maximum absolute atomic E-state index is 13.2. The lowest BCUT2D eigenvalue weighted by atomic mass is 10.1. The lowest BCUT2D eigenvalue weighted by molar-refractivity contribution is -0.868. The second-order valence-corrected chi connectivity index (χ2v) is 10.5. The van der Waals surface area contributed by atoms with Crippen LogP contribution < -0.4 is 20.5 Å². The Bertz CT molecular complexity index is 1400. The van der Waals surface area contributed by atoms with Crippen molar-refractivity contribution in [2.75, 3.05) is 51.4 Å². The molecule has 39 heavy (non-hydrogen) atoms. The Morgan fingerprint density at radius 2 is 1.72 bits per heavy atom. The Morgan fingerprint density at radius 3 is 2.31 bits per heavy atom. The van der Waals surface area contributed by atoms with Crippen LogP contribution in [0.25, 0.3) is 0 Å². The van der Waals surface area contributed by atoms with Crippen LogP contribution in [0, 0.1) is 0 Å². The molecule has 3 aromatic rings. The third-order valence-corrected chi connectivity index (χ3v) is 6.04. The number of likely N-dealkylation sites (N-methyl/N-ethyl adjacent to an activating group) is 1. The number of nitrogens with one attached hydrogen (secondary N) is 2. The van der Waals surface area contributed by atoms with Gasteiger partial charge >= 0.3 is 12.2 Å². The van der Waals surface area contributed by atoms with Crippen LogP contribution in [0.5, 0.6) is 6.01 Å². The van der Waals surface area contributed by atoms with E-state index in [2.05, 4.69) is 35.3 Å². The quantitative estimate of drug-likeness (QED) is 0.204. The topological polar surface area (TPSA) is 107 Å². The molecule has 0 aliphatic heterocycles. The molecule has 208 valence electrons. The highest BCUT2D eigenvalue weighted by Crippen LogP contribution is 2.48. The van der Waals surface area contributed by atoms with Gasteiger partial charge in [-0.2, -0.15) is 28.1 Å². The van der Waals surface area contributed by atoms with Crippen molar-refractivity contribution in [3.8, 4) is 6.01 Å². The van der Waals surface area contributed by atoms with Gasteiger partial charge in [-0.1, -0.05) is 35.9 Å². The summed E-state index contributed by atoms with van der Waals surface area (Å²) in [5.74, 6) is -0.696. The number of rotatable bonds is 11. The molecule has 9 nitrogen and oxygen atoms in total. The van der Waals surface area contributed by atoms with E-state index in [9.17, 15) is 18.3 Å². The summed E-state index contributed by atoms with van der Waals surface area (Å²) in [5.41, 5.74) is 1.06. The van der Waals surface area contributed by atoms with Gasteiger partial charge < -0.3 is 25.0 Å². The Labute approximate surface area is 232 Å². The number of anilines is 3. The number of halogens is 4. The van der Waals surface area contributed by atoms with E-state index in [1.807, 2.05) is 33.3 Å². The molecule has 0 saturated heterocycles. The first-order chi connectivity index (χ1) is 19.1. The fraction of sp³-hybridized carbons (Fsp3) is 0.385. The van der Waals surface area contributed by atoms with Crippen LogP contribution in [0.4, 0.5) is 30.8 Å². The summed E-state index contributed by atoms with van der Waals surface area (Å²) >= 11 is 5.99. The first-order valence-corrected chi connectivity index (χ1v) is 12.4. The van der Waals surface area contributed by atoms with Crippen molar-refractivity contribution in [2.24, 2.45) is 4.99 Å².